The van der Waals surface area contributed by atoms with E-state index in [-0.39, 0.29) is 7.53 Å². The molecule has 0 saturated carbocycles. The van der Waals surface area contributed by atoms with Gasteiger partial charge in [0.15, 0.2) is 0 Å². The molecule has 104 valence electrons. The smallest absolute Gasteiger partial charge is 0.0747 e. The molecule has 1 atom stereocenters. The number of aryl methyl sites for hydroxylation is 1. The Morgan fingerprint density at radius 3 is 2.48 bits per heavy atom. The molecular weight excluding hydrogens is 273 g/mol. The summed E-state index contributed by atoms with van der Waals surface area (Å²) in [5.41, 5.74) is 4.36. The number of hydrogen-bond donors (Lipinski definition) is 0. The van der Waals surface area contributed by atoms with Gasteiger partial charge in [0.2, 0.25) is 0 Å². The molecule has 21 heavy (non-hydrogen) atoms. The highest BCUT2D eigenvalue weighted by molar-refractivity contribution is 7.59. The molecular formula is C19H18NP. The van der Waals surface area contributed by atoms with Gasteiger partial charge in [-0.2, -0.15) is 0 Å². The zero-order valence-corrected chi connectivity index (χ0v) is 12.9. The van der Waals surface area contributed by atoms with Gasteiger partial charge in [0.1, 0.15) is 0 Å². The number of rotatable bonds is 2. The largest absolute Gasteiger partial charge is 0.256 e. The Balaban J connectivity index is 1.96. The summed E-state index contributed by atoms with van der Waals surface area (Å²) >= 11 is 0. The normalized spacial score (nSPS) is 14.8. The summed E-state index contributed by atoms with van der Waals surface area (Å²) in [5.74, 6) is 2.54. The van der Waals surface area contributed by atoms with Crippen LogP contribution in [0.1, 0.15) is 24.0 Å². The van der Waals surface area contributed by atoms with Gasteiger partial charge in [0, 0.05) is 11.5 Å². The zero-order valence-electron chi connectivity index (χ0n) is 12.0. The Kier molecular flexibility index (Phi) is 3.37. The van der Waals surface area contributed by atoms with E-state index in [0.717, 1.165) is 0 Å². The lowest BCUT2D eigenvalue weighted by atomic mass is 9.93. The first-order valence-electron chi connectivity index (χ1n) is 7.63. The molecule has 0 aliphatic heterocycles. The molecule has 0 radical (unpaired) electrons. The van der Waals surface area contributed by atoms with Crippen molar-refractivity contribution in [3.05, 3.63) is 71.7 Å². The first-order chi connectivity index (χ1) is 10.4. The number of pyridine rings is 1. The molecule has 1 aliphatic carbocycles. The van der Waals surface area contributed by atoms with Crippen LogP contribution in [-0.4, -0.2) is 4.98 Å². The van der Waals surface area contributed by atoms with Gasteiger partial charge in [-0.3, -0.25) is 4.98 Å². The lowest BCUT2D eigenvalue weighted by Crippen LogP contribution is -2.00. The van der Waals surface area contributed by atoms with Gasteiger partial charge in [-0.15, -0.1) is 0 Å². The van der Waals surface area contributed by atoms with Crippen molar-refractivity contribution in [1.82, 2.24) is 4.98 Å². The molecule has 1 aromatic carbocycles. The fourth-order valence-electron chi connectivity index (χ4n) is 3.28. The summed E-state index contributed by atoms with van der Waals surface area (Å²) in [6.45, 7) is 0. The molecule has 4 rings (SSSR count). The highest BCUT2D eigenvalue weighted by Gasteiger charge is 2.21. The van der Waals surface area contributed by atoms with Crippen LogP contribution in [-0.2, 0) is 12.8 Å². The maximum Gasteiger partial charge on any atom is 0.0747 e. The van der Waals surface area contributed by atoms with Gasteiger partial charge in [0.05, 0.1) is 5.69 Å². The summed E-state index contributed by atoms with van der Waals surface area (Å²) in [6.07, 6.45) is 7.05. The lowest BCUT2D eigenvalue weighted by molar-refractivity contribution is 0.691. The zero-order chi connectivity index (χ0) is 14.1. The van der Waals surface area contributed by atoms with E-state index < -0.39 is 0 Å². The number of benzene rings is 1. The third kappa shape index (κ3) is 2.32. The van der Waals surface area contributed by atoms with Gasteiger partial charge in [-0.25, -0.2) is 0 Å². The first kappa shape index (κ1) is 12.9. The second kappa shape index (κ2) is 5.50. The Labute approximate surface area is 126 Å². The average Bonchev–Trinajstić information content (AvgIpc) is 2.96. The van der Waals surface area contributed by atoms with Crippen LogP contribution in [0, 0.1) is 0 Å². The van der Waals surface area contributed by atoms with Crippen molar-refractivity contribution in [2.45, 2.75) is 25.7 Å². The van der Waals surface area contributed by atoms with Gasteiger partial charge < -0.3 is 0 Å². The van der Waals surface area contributed by atoms with Crippen molar-refractivity contribution in [2.24, 2.45) is 0 Å². The van der Waals surface area contributed by atoms with Crippen LogP contribution in [0.5, 0.6) is 0 Å². The molecule has 3 aromatic rings. The number of aromatic nitrogens is 1. The van der Waals surface area contributed by atoms with Crippen molar-refractivity contribution in [3.63, 3.8) is 0 Å². The molecule has 2 heterocycles. The number of hydrogen-bond acceptors (Lipinski definition) is 1. The third-order valence-corrected chi connectivity index (χ3v) is 6.67. The number of nitrogens with zero attached hydrogens (tertiary/aromatic N) is 1. The summed E-state index contributed by atoms with van der Waals surface area (Å²) < 4.78 is 0. The SMILES string of the molecule is c1ccc(-p2cc3c(c2-c2ccccn2)CCCC3)cc1. The second-order valence-electron chi connectivity index (χ2n) is 5.61. The van der Waals surface area contributed by atoms with E-state index in [0.29, 0.717) is 0 Å². The number of fused-ring (bicyclic) bond motifs is 1. The predicted octanol–water partition coefficient (Wildman–Crippen LogP) is 5.60. The van der Waals surface area contributed by atoms with Crippen LogP contribution in [0.2, 0.25) is 0 Å². The van der Waals surface area contributed by atoms with Crippen LogP contribution in [0.4, 0.5) is 0 Å². The standard InChI is InChI=1S/C19H18NP/c1-2-9-16(10-3-1)21-14-15-8-4-5-11-17(15)19(21)18-12-6-7-13-20-18/h1-3,6-7,9-10,12-14H,4-5,8,11H2. The summed E-state index contributed by atoms with van der Waals surface area (Å²) in [7, 11) is -0.375. The molecule has 0 N–H and O–H groups in total. The summed E-state index contributed by atoms with van der Waals surface area (Å²) in [6, 6.07) is 17.2. The van der Waals surface area contributed by atoms with Gasteiger partial charge in [-0.05, 0) is 60.0 Å². The minimum absolute atomic E-state index is 0.375. The van der Waals surface area contributed by atoms with Crippen molar-refractivity contribution >= 4 is 7.53 Å². The van der Waals surface area contributed by atoms with Crippen molar-refractivity contribution in [1.29, 1.82) is 0 Å². The fourth-order valence-corrected chi connectivity index (χ4v) is 5.83. The average molecular weight is 291 g/mol. The summed E-state index contributed by atoms with van der Waals surface area (Å²) in [4.78, 5) is 4.65. The van der Waals surface area contributed by atoms with E-state index in [9.17, 15) is 0 Å². The third-order valence-electron chi connectivity index (χ3n) is 4.26. The highest BCUT2D eigenvalue weighted by atomic mass is 31.1. The van der Waals surface area contributed by atoms with Crippen LogP contribution >= 0.6 is 7.53 Å². The van der Waals surface area contributed by atoms with E-state index in [1.54, 1.807) is 11.1 Å². The van der Waals surface area contributed by atoms with Crippen LogP contribution < -0.4 is 0 Å². The minimum atomic E-state index is -0.375. The lowest BCUT2D eigenvalue weighted by Gasteiger charge is -2.13. The Hall–Kier alpha value is -1.85. The maximum atomic E-state index is 4.65. The van der Waals surface area contributed by atoms with Gasteiger partial charge >= 0.3 is 0 Å². The van der Waals surface area contributed by atoms with Gasteiger partial charge in [-0.1, -0.05) is 43.9 Å². The van der Waals surface area contributed by atoms with E-state index >= 15 is 0 Å². The first-order valence-corrected chi connectivity index (χ1v) is 9.04. The van der Waals surface area contributed by atoms with Gasteiger partial charge in [0.25, 0.3) is 0 Å². The van der Waals surface area contributed by atoms with Crippen molar-refractivity contribution in [3.8, 4) is 16.3 Å². The van der Waals surface area contributed by atoms with Crippen LogP contribution in [0.25, 0.3) is 16.3 Å². The molecule has 0 bridgehead atoms. The highest BCUT2D eigenvalue weighted by Crippen LogP contribution is 2.54. The quantitative estimate of drug-likeness (QED) is 0.598. The molecule has 0 saturated heterocycles. The van der Waals surface area contributed by atoms with Crippen molar-refractivity contribution in [2.75, 3.05) is 0 Å². The van der Waals surface area contributed by atoms with E-state index in [1.165, 1.54) is 42.0 Å². The topological polar surface area (TPSA) is 12.9 Å². The fraction of sp³-hybridized carbons (Fsp3) is 0.211. The molecule has 2 aromatic heterocycles. The second-order valence-corrected chi connectivity index (χ2v) is 7.57. The predicted molar refractivity (Wildman–Crippen MR) is 90.4 cm³/mol. The molecule has 2 heteroatoms. The molecule has 0 spiro atoms. The monoisotopic (exact) mass is 291 g/mol. The van der Waals surface area contributed by atoms with E-state index in [4.69, 9.17) is 0 Å². The van der Waals surface area contributed by atoms with Crippen LogP contribution in [0.15, 0.2) is 60.5 Å². The minimum Gasteiger partial charge on any atom is -0.256 e. The Bertz CT molecular complexity index is 744. The molecule has 1 unspecified atom stereocenters. The summed E-state index contributed by atoms with van der Waals surface area (Å²) in [5, 5.41) is 2.95. The molecule has 1 nitrogen and oxygen atoms in total. The Morgan fingerprint density at radius 1 is 0.857 bits per heavy atom. The van der Waals surface area contributed by atoms with Crippen molar-refractivity contribution < 1.29 is 0 Å². The Morgan fingerprint density at radius 2 is 1.67 bits per heavy atom. The molecule has 1 aliphatic rings. The maximum absolute atomic E-state index is 4.65. The molecule has 0 fully saturated rings. The van der Waals surface area contributed by atoms with E-state index in [1.807, 2.05) is 12.3 Å². The van der Waals surface area contributed by atoms with E-state index in [2.05, 4.69) is 53.2 Å². The van der Waals surface area contributed by atoms with Crippen LogP contribution in [0.3, 0.4) is 0 Å². The molecule has 0 amide bonds.